The third-order valence-electron chi connectivity index (χ3n) is 6.99. The highest BCUT2D eigenvalue weighted by Crippen LogP contribution is 2.34. The van der Waals surface area contributed by atoms with E-state index in [2.05, 4.69) is 5.32 Å². The number of carbonyl (C=O) groups is 2. The van der Waals surface area contributed by atoms with Gasteiger partial charge in [0.2, 0.25) is 0 Å². The Hall–Kier alpha value is -4.57. The van der Waals surface area contributed by atoms with Gasteiger partial charge in [-0.05, 0) is 59.5 Å². The fourth-order valence-corrected chi connectivity index (χ4v) is 4.67. The van der Waals surface area contributed by atoms with E-state index in [1.54, 1.807) is 30.3 Å². The van der Waals surface area contributed by atoms with Crippen molar-refractivity contribution < 1.29 is 37.3 Å². The lowest BCUT2D eigenvalue weighted by atomic mass is 9.92. The largest absolute Gasteiger partial charge is 0.465 e. The third-order valence-corrected chi connectivity index (χ3v) is 6.99. The van der Waals surface area contributed by atoms with Crippen LogP contribution >= 0.6 is 0 Å². The van der Waals surface area contributed by atoms with Gasteiger partial charge in [0.15, 0.2) is 0 Å². The van der Waals surface area contributed by atoms with Crippen molar-refractivity contribution in [3.63, 3.8) is 0 Å². The molecule has 2 amide bonds. The Bertz CT molecular complexity index is 1520. The van der Waals surface area contributed by atoms with E-state index in [-0.39, 0.29) is 24.2 Å². The molecule has 1 heterocycles. The molecule has 0 bridgehead atoms. The molecular weight excluding hydrogens is 537 g/mol. The van der Waals surface area contributed by atoms with Crippen LogP contribution in [0.25, 0.3) is 10.8 Å². The summed E-state index contributed by atoms with van der Waals surface area (Å²) in [5, 5.41) is 13.6. The molecule has 10 heteroatoms. The van der Waals surface area contributed by atoms with Gasteiger partial charge in [-0.2, -0.15) is 13.2 Å². The fraction of sp³-hybridized carbons (Fsp3) is 0.226. The molecule has 4 aromatic carbocycles. The van der Waals surface area contributed by atoms with Gasteiger partial charge in [0, 0.05) is 30.0 Å². The van der Waals surface area contributed by atoms with Gasteiger partial charge in [-0.1, -0.05) is 42.5 Å². The summed E-state index contributed by atoms with van der Waals surface area (Å²) >= 11 is 0. The number of hydrogen-bond acceptors (Lipinski definition) is 4. The van der Waals surface area contributed by atoms with Crippen LogP contribution in [0.3, 0.4) is 0 Å². The summed E-state index contributed by atoms with van der Waals surface area (Å²) in [4.78, 5) is 25.8. The Balaban J connectivity index is 1.28. The minimum Gasteiger partial charge on any atom is -0.465 e. The number of amides is 2. The van der Waals surface area contributed by atoms with E-state index < -0.39 is 23.9 Å². The molecule has 2 N–H and O–H groups in total. The van der Waals surface area contributed by atoms with Gasteiger partial charge in [0.25, 0.3) is 5.91 Å². The zero-order valence-corrected chi connectivity index (χ0v) is 21.8. The Morgan fingerprint density at radius 2 is 1.68 bits per heavy atom. The number of carbonyl (C=O) groups excluding carboxylic acids is 1. The number of fused-ring (bicyclic) bond motifs is 1. The molecule has 0 saturated carbocycles. The quantitative estimate of drug-likeness (QED) is 0.240. The first-order chi connectivity index (χ1) is 19.7. The second kappa shape index (κ2) is 11.9. The van der Waals surface area contributed by atoms with Crippen molar-refractivity contribution in [2.24, 2.45) is 5.92 Å². The van der Waals surface area contributed by atoms with Gasteiger partial charge in [0.1, 0.15) is 11.5 Å². The molecule has 5 rings (SSSR count). The van der Waals surface area contributed by atoms with E-state index in [0.717, 1.165) is 17.7 Å². The molecule has 41 heavy (non-hydrogen) atoms. The van der Waals surface area contributed by atoms with Crippen molar-refractivity contribution in [1.82, 2.24) is 10.2 Å². The maximum atomic E-state index is 13.3. The van der Waals surface area contributed by atoms with Crippen LogP contribution in [0.1, 0.15) is 21.5 Å². The molecule has 7 nitrogen and oxygen atoms in total. The van der Waals surface area contributed by atoms with E-state index in [1.807, 2.05) is 36.4 Å². The molecule has 1 fully saturated rings. The van der Waals surface area contributed by atoms with Crippen molar-refractivity contribution in [2.75, 3.05) is 19.7 Å². The fourth-order valence-electron chi connectivity index (χ4n) is 4.67. The van der Waals surface area contributed by atoms with Crippen molar-refractivity contribution in [2.45, 2.75) is 18.8 Å². The average molecular weight is 565 g/mol. The molecular formula is C31H27F3N2O5. The standard InChI is InChI=1S/C31H27F3N2O5/c32-31(33,34)24-10-12-25(13-11-24)41-28-8-4-7-21-15-22(9-14-26(21)28)29(37)35-27(23-16-36(17-23)30(38)39)19-40-18-20-5-2-1-3-6-20/h1-15,23,27H,16-19H2,(H,35,37)(H,38,39)/t27-/m1/s1. The van der Waals surface area contributed by atoms with Crippen molar-refractivity contribution in [1.29, 1.82) is 0 Å². The summed E-state index contributed by atoms with van der Waals surface area (Å²) in [6.45, 7) is 1.19. The maximum Gasteiger partial charge on any atom is 0.416 e. The van der Waals surface area contributed by atoms with E-state index in [4.69, 9.17) is 9.47 Å². The number of ether oxygens (including phenoxy) is 2. The smallest absolute Gasteiger partial charge is 0.416 e. The summed E-state index contributed by atoms with van der Waals surface area (Å²) in [5.74, 6) is 0.268. The lowest BCUT2D eigenvalue weighted by molar-refractivity contribution is -0.137. The van der Waals surface area contributed by atoms with Crippen molar-refractivity contribution in [3.8, 4) is 11.5 Å². The lowest BCUT2D eigenvalue weighted by Gasteiger charge is -2.41. The van der Waals surface area contributed by atoms with Gasteiger partial charge in [-0.3, -0.25) is 4.79 Å². The first-order valence-corrected chi connectivity index (χ1v) is 13.0. The van der Waals surface area contributed by atoms with E-state index in [9.17, 15) is 27.9 Å². The van der Waals surface area contributed by atoms with Gasteiger partial charge in [0.05, 0.1) is 24.8 Å². The van der Waals surface area contributed by atoms with Gasteiger partial charge in [-0.15, -0.1) is 0 Å². The number of hydrogen-bond donors (Lipinski definition) is 2. The number of halogens is 3. The summed E-state index contributed by atoms with van der Waals surface area (Å²) in [7, 11) is 0. The number of likely N-dealkylation sites (tertiary alicyclic amines) is 1. The highest BCUT2D eigenvalue weighted by molar-refractivity contribution is 6.00. The predicted octanol–water partition coefficient (Wildman–Crippen LogP) is 6.58. The molecule has 0 aromatic heterocycles. The van der Waals surface area contributed by atoms with Crippen molar-refractivity contribution >= 4 is 22.8 Å². The second-order valence-corrected chi connectivity index (χ2v) is 9.84. The van der Waals surface area contributed by atoms with Crippen LogP contribution in [0.2, 0.25) is 0 Å². The van der Waals surface area contributed by atoms with Crippen LogP contribution in [0.15, 0.2) is 91.0 Å². The van der Waals surface area contributed by atoms with Crippen LogP contribution in [-0.4, -0.2) is 47.7 Å². The SMILES string of the molecule is O=C(N[C@H](COCc1ccccc1)C1CN(C(=O)O)C1)c1ccc2c(Oc3ccc(C(F)(F)F)cc3)cccc2c1. The first-order valence-electron chi connectivity index (χ1n) is 13.0. The highest BCUT2D eigenvalue weighted by atomic mass is 19.4. The van der Waals surface area contributed by atoms with Crippen LogP contribution in [0.5, 0.6) is 11.5 Å². The molecule has 1 atom stereocenters. The van der Waals surface area contributed by atoms with Crippen LogP contribution in [-0.2, 0) is 17.5 Å². The van der Waals surface area contributed by atoms with Gasteiger partial charge in [-0.25, -0.2) is 4.79 Å². The molecule has 4 aromatic rings. The number of nitrogens with one attached hydrogen (secondary N) is 1. The first kappa shape index (κ1) is 28.0. The number of rotatable bonds is 9. The Morgan fingerprint density at radius 3 is 2.37 bits per heavy atom. The molecule has 1 aliphatic heterocycles. The summed E-state index contributed by atoms with van der Waals surface area (Å²) in [6.07, 6.45) is -5.43. The Morgan fingerprint density at radius 1 is 0.951 bits per heavy atom. The number of carboxylic acid groups (broad SMARTS) is 1. The highest BCUT2D eigenvalue weighted by Gasteiger charge is 2.37. The van der Waals surface area contributed by atoms with Crippen LogP contribution in [0, 0.1) is 5.92 Å². The Labute approximate surface area is 234 Å². The Kier molecular flexibility index (Phi) is 8.11. The summed E-state index contributed by atoms with van der Waals surface area (Å²) in [5.41, 5.74) is 0.619. The lowest BCUT2D eigenvalue weighted by Crippen LogP contribution is -2.59. The van der Waals surface area contributed by atoms with Gasteiger partial charge < -0.3 is 24.8 Å². The third kappa shape index (κ3) is 6.78. The van der Waals surface area contributed by atoms with Crippen LogP contribution in [0.4, 0.5) is 18.0 Å². The second-order valence-electron chi connectivity index (χ2n) is 9.84. The maximum absolute atomic E-state index is 13.3. The number of alkyl halides is 3. The van der Waals surface area contributed by atoms with Crippen LogP contribution < -0.4 is 10.1 Å². The number of nitrogens with zero attached hydrogens (tertiary/aromatic N) is 1. The van der Waals surface area contributed by atoms with E-state index in [0.29, 0.717) is 41.8 Å². The zero-order valence-electron chi connectivity index (χ0n) is 21.8. The van der Waals surface area contributed by atoms with E-state index >= 15 is 0 Å². The number of benzene rings is 4. The topological polar surface area (TPSA) is 88.1 Å². The summed E-state index contributed by atoms with van der Waals surface area (Å²) in [6, 6.07) is 24.0. The molecule has 1 aliphatic rings. The molecule has 212 valence electrons. The minimum atomic E-state index is -4.43. The summed E-state index contributed by atoms with van der Waals surface area (Å²) < 4.78 is 50.4. The minimum absolute atomic E-state index is 0.0879. The molecule has 1 saturated heterocycles. The van der Waals surface area contributed by atoms with Gasteiger partial charge >= 0.3 is 12.3 Å². The molecule has 0 unspecified atom stereocenters. The molecule has 0 radical (unpaired) electrons. The van der Waals surface area contributed by atoms with E-state index in [1.165, 1.54) is 17.0 Å². The predicted molar refractivity (Wildman–Crippen MR) is 146 cm³/mol. The molecule has 0 spiro atoms. The monoisotopic (exact) mass is 564 g/mol. The molecule has 0 aliphatic carbocycles. The normalized spacial score (nSPS) is 14.4. The average Bonchev–Trinajstić information content (AvgIpc) is 2.92. The zero-order chi connectivity index (χ0) is 29.0. The van der Waals surface area contributed by atoms with Crippen molar-refractivity contribution in [3.05, 3.63) is 108 Å².